The Morgan fingerprint density at radius 1 is 1.08 bits per heavy atom. The fourth-order valence-electron chi connectivity index (χ4n) is 6.54. The molecule has 6 rings (SSSR count). The van der Waals surface area contributed by atoms with Gasteiger partial charge in [-0.25, -0.2) is 0 Å². The minimum absolute atomic E-state index is 0.113. The minimum Gasteiger partial charge on any atom is -0.337 e. The van der Waals surface area contributed by atoms with Crippen molar-refractivity contribution in [1.29, 1.82) is 0 Å². The van der Waals surface area contributed by atoms with Crippen LogP contribution in [0.2, 0.25) is 0 Å². The van der Waals surface area contributed by atoms with E-state index in [0.717, 1.165) is 37.3 Å². The van der Waals surface area contributed by atoms with Gasteiger partial charge in [0.15, 0.2) is 0 Å². The predicted molar refractivity (Wildman–Crippen MR) is 104 cm³/mol. The summed E-state index contributed by atoms with van der Waals surface area (Å²) in [5.74, 6) is 3.25. The Morgan fingerprint density at radius 2 is 1.68 bits per heavy atom. The molecule has 3 heteroatoms. The molecular formula is C22H29NOS. The molecule has 5 aliphatic rings. The minimum atomic E-state index is 0.113. The molecule has 1 aromatic carbocycles. The third-order valence-corrected chi connectivity index (χ3v) is 8.75. The van der Waals surface area contributed by atoms with Gasteiger partial charge in [0.05, 0.1) is 5.25 Å². The maximum absolute atomic E-state index is 13.1. The molecule has 0 spiro atoms. The van der Waals surface area contributed by atoms with Crippen LogP contribution in [0.5, 0.6) is 0 Å². The highest BCUT2D eigenvalue weighted by Crippen LogP contribution is 2.61. The second-order valence-electron chi connectivity index (χ2n) is 9.14. The van der Waals surface area contributed by atoms with E-state index < -0.39 is 0 Å². The van der Waals surface area contributed by atoms with E-state index in [1.54, 1.807) is 0 Å². The van der Waals surface area contributed by atoms with Crippen LogP contribution in [0.1, 0.15) is 56.6 Å². The zero-order valence-electron chi connectivity index (χ0n) is 15.2. The Kier molecular flexibility index (Phi) is 3.92. The summed E-state index contributed by atoms with van der Waals surface area (Å²) < 4.78 is 0.428. The van der Waals surface area contributed by atoms with Crippen LogP contribution in [0.25, 0.3) is 0 Å². The van der Waals surface area contributed by atoms with Gasteiger partial charge in [-0.2, -0.15) is 0 Å². The van der Waals surface area contributed by atoms with Gasteiger partial charge in [-0.15, -0.1) is 11.8 Å². The van der Waals surface area contributed by atoms with Crippen molar-refractivity contribution in [3.63, 3.8) is 0 Å². The molecule has 1 aromatic rings. The molecule has 4 aliphatic carbocycles. The molecule has 1 heterocycles. The first-order valence-electron chi connectivity index (χ1n) is 10.1. The van der Waals surface area contributed by atoms with E-state index in [2.05, 4.69) is 36.1 Å². The number of fused-ring (bicyclic) bond motifs is 1. The number of hydrogen-bond acceptors (Lipinski definition) is 2. The van der Waals surface area contributed by atoms with Crippen molar-refractivity contribution in [3.8, 4) is 0 Å². The number of rotatable bonds is 3. The first kappa shape index (κ1) is 16.2. The molecule has 1 aliphatic heterocycles. The van der Waals surface area contributed by atoms with Gasteiger partial charge in [0.25, 0.3) is 0 Å². The van der Waals surface area contributed by atoms with Crippen molar-refractivity contribution in [2.45, 2.75) is 68.4 Å². The number of hydrogen-bond donors (Lipinski definition) is 0. The maximum atomic E-state index is 13.1. The highest BCUT2D eigenvalue weighted by atomic mass is 32.2. The molecule has 134 valence electrons. The molecule has 0 unspecified atom stereocenters. The van der Waals surface area contributed by atoms with E-state index in [1.807, 2.05) is 11.8 Å². The van der Waals surface area contributed by atoms with Gasteiger partial charge in [0.2, 0.25) is 5.91 Å². The quantitative estimate of drug-likeness (QED) is 0.786. The molecule has 25 heavy (non-hydrogen) atoms. The van der Waals surface area contributed by atoms with Gasteiger partial charge in [-0.3, -0.25) is 4.79 Å². The Morgan fingerprint density at radius 3 is 2.32 bits per heavy atom. The molecule has 4 fully saturated rings. The monoisotopic (exact) mass is 355 g/mol. The Hall–Kier alpha value is -0.960. The van der Waals surface area contributed by atoms with E-state index in [-0.39, 0.29) is 5.25 Å². The summed E-state index contributed by atoms with van der Waals surface area (Å²) in [5, 5.41) is 0.113. The van der Waals surface area contributed by atoms with Crippen LogP contribution in [0.15, 0.2) is 24.3 Å². The average Bonchev–Trinajstić information content (AvgIpc) is 2.59. The first-order valence-corrected chi connectivity index (χ1v) is 11.0. The summed E-state index contributed by atoms with van der Waals surface area (Å²) in [6.45, 7) is 3.87. The highest BCUT2D eigenvalue weighted by Gasteiger charge is 2.52. The van der Waals surface area contributed by atoms with Gasteiger partial charge in [0, 0.05) is 17.8 Å². The van der Waals surface area contributed by atoms with Crippen LogP contribution >= 0.6 is 11.8 Å². The third kappa shape index (κ3) is 2.93. The fraction of sp³-hybridized carbons (Fsp3) is 0.682. The van der Waals surface area contributed by atoms with Crippen LogP contribution in [-0.4, -0.2) is 27.3 Å². The largest absolute Gasteiger partial charge is 0.337 e. The summed E-state index contributed by atoms with van der Waals surface area (Å²) >= 11 is 2.05. The van der Waals surface area contributed by atoms with Crippen LogP contribution in [0, 0.1) is 17.8 Å². The standard InChI is InChI=1S/C22H29NOS/c1-15(21(24)23-7-6-19-4-2-3-5-20(19)14-23)25-22-11-16-8-17(12-22)10-18(9-16)13-22/h2-5,15-18H,6-14H2,1H3/t15-,16?,17?,18?,22?/m0/s1. The number of nitrogens with zero attached hydrogens (tertiary/aromatic N) is 1. The summed E-state index contributed by atoms with van der Waals surface area (Å²) in [5.41, 5.74) is 2.77. The maximum Gasteiger partial charge on any atom is 0.235 e. The summed E-state index contributed by atoms with van der Waals surface area (Å²) in [6, 6.07) is 8.61. The molecule has 1 amide bonds. The predicted octanol–water partition coefficient (Wildman–Crippen LogP) is 4.66. The van der Waals surface area contributed by atoms with Crippen molar-refractivity contribution in [3.05, 3.63) is 35.4 Å². The highest BCUT2D eigenvalue weighted by molar-refractivity contribution is 8.01. The number of carbonyl (C=O) groups excluding carboxylic acids is 1. The molecule has 0 saturated heterocycles. The first-order chi connectivity index (χ1) is 12.1. The summed E-state index contributed by atoms with van der Waals surface area (Å²) in [7, 11) is 0. The summed E-state index contributed by atoms with van der Waals surface area (Å²) in [6.07, 6.45) is 9.58. The number of carbonyl (C=O) groups is 1. The van der Waals surface area contributed by atoms with Crippen molar-refractivity contribution in [1.82, 2.24) is 4.90 Å². The van der Waals surface area contributed by atoms with Gasteiger partial charge >= 0.3 is 0 Å². The Balaban J connectivity index is 1.27. The summed E-state index contributed by atoms with van der Waals surface area (Å²) in [4.78, 5) is 15.2. The van der Waals surface area contributed by atoms with E-state index >= 15 is 0 Å². The van der Waals surface area contributed by atoms with Gasteiger partial charge in [0.1, 0.15) is 0 Å². The van der Waals surface area contributed by atoms with Crippen LogP contribution in [0.3, 0.4) is 0 Å². The second kappa shape index (κ2) is 6.04. The van der Waals surface area contributed by atoms with Crippen molar-refractivity contribution in [2.75, 3.05) is 6.54 Å². The smallest absolute Gasteiger partial charge is 0.235 e. The zero-order chi connectivity index (χ0) is 17.0. The van der Waals surface area contributed by atoms with E-state index in [1.165, 1.54) is 49.7 Å². The van der Waals surface area contributed by atoms with E-state index in [4.69, 9.17) is 0 Å². The molecule has 4 saturated carbocycles. The molecule has 2 nitrogen and oxygen atoms in total. The Bertz CT molecular complexity index is 649. The van der Waals surface area contributed by atoms with E-state index in [9.17, 15) is 4.79 Å². The lowest BCUT2D eigenvalue weighted by atomic mass is 9.56. The molecule has 1 atom stereocenters. The number of benzene rings is 1. The molecular weight excluding hydrogens is 326 g/mol. The van der Waals surface area contributed by atoms with E-state index in [0.29, 0.717) is 10.7 Å². The fourth-order valence-corrected chi connectivity index (χ4v) is 8.54. The van der Waals surface area contributed by atoms with Crippen molar-refractivity contribution < 1.29 is 4.79 Å². The third-order valence-electron chi connectivity index (χ3n) is 7.20. The average molecular weight is 356 g/mol. The zero-order valence-corrected chi connectivity index (χ0v) is 16.1. The van der Waals surface area contributed by atoms with Crippen LogP contribution in [-0.2, 0) is 17.8 Å². The molecule has 0 radical (unpaired) electrons. The van der Waals surface area contributed by atoms with Gasteiger partial charge < -0.3 is 4.90 Å². The van der Waals surface area contributed by atoms with Crippen LogP contribution in [0.4, 0.5) is 0 Å². The number of amides is 1. The van der Waals surface area contributed by atoms with Crippen molar-refractivity contribution >= 4 is 17.7 Å². The SMILES string of the molecule is C[C@H](SC12CC3CC(CC(C3)C1)C2)C(=O)N1CCc2ccccc2C1. The van der Waals surface area contributed by atoms with Gasteiger partial charge in [-0.05, 0) is 80.8 Å². The lowest BCUT2D eigenvalue weighted by molar-refractivity contribution is -0.131. The Labute approximate surface area is 155 Å². The molecule has 4 bridgehead atoms. The molecule has 0 aromatic heterocycles. The van der Waals surface area contributed by atoms with Crippen LogP contribution < -0.4 is 0 Å². The second-order valence-corrected chi connectivity index (χ2v) is 10.9. The topological polar surface area (TPSA) is 20.3 Å². The lowest BCUT2D eigenvalue weighted by Crippen LogP contribution is -2.50. The van der Waals surface area contributed by atoms with Crippen molar-refractivity contribution in [2.24, 2.45) is 17.8 Å². The number of thioether (sulfide) groups is 1. The normalized spacial score (nSPS) is 37.0. The van der Waals surface area contributed by atoms with Gasteiger partial charge in [-0.1, -0.05) is 24.3 Å². The molecule has 0 N–H and O–H groups in total. The lowest BCUT2D eigenvalue weighted by Gasteiger charge is -2.57.